The van der Waals surface area contributed by atoms with Gasteiger partial charge in [0.1, 0.15) is 18.1 Å². The summed E-state index contributed by atoms with van der Waals surface area (Å²) in [5, 5.41) is 2.91. The molecule has 1 saturated heterocycles. The zero-order valence-electron chi connectivity index (χ0n) is 14.4. The Hall–Kier alpha value is -2.53. The van der Waals surface area contributed by atoms with Crippen molar-refractivity contribution in [3.8, 4) is 11.5 Å². The molecule has 5 heteroatoms. The molecule has 1 atom stereocenters. The van der Waals surface area contributed by atoms with Crippen molar-refractivity contribution in [2.75, 3.05) is 25.6 Å². The maximum absolute atomic E-state index is 12.2. The third-order valence-corrected chi connectivity index (χ3v) is 4.10. The van der Waals surface area contributed by atoms with Crippen molar-refractivity contribution in [3.63, 3.8) is 0 Å². The van der Waals surface area contributed by atoms with Gasteiger partial charge < -0.3 is 19.5 Å². The molecule has 1 aliphatic rings. The highest BCUT2D eigenvalue weighted by Crippen LogP contribution is 2.20. The number of carbonyl (C=O) groups excluding carboxylic acids is 1. The van der Waals surface area contributed by atoms with Crippen LogP contribution in [0.2, 0.25) is 0 Å². The van der Waals surface area contributed by atoms with E-state index in [1.54, 1.807) is 7.11 Å². The third kappa shape index (κ3) is 5.22. The summed E-state index contributed by atoms with van der Waals surface area (Å²) in [7, 11) is 1.62. The standard InChI is InChI=1S/C20H23NO4/c1-23-17-9-7-15(8-10-17)12-20(22)21-16-4-2-5-18(13-16)25-14-19-6-3-11-24-19/h2,4-5,7-10,13,19H,3,6,11-12,14H2,1H3,(H,21,22). The number of amides is 1. The molecule has 0 spiro atoms. The van der Waals surface area contributed by atoms with E-state index in [9.17, 15) is 4.79 Å². The number of anilines is 1. The lowest BCUT2D eigenvalue weighted by Crippen LogP contribution is -2.17. The Bertz CT molecular complexity index is 693. The molecule has 0 bridgehead atoms. The Balaban J connectivity index is 1.52. The van der Waals surface area contributed by atoms with E-state index < -0.39 is 0 Å². The maximum atomic E-state index is 12.2. The molecule has 0 aliphatic carbocycles. The molecule has 0 radical (unpaired) electrons. The first kappa shape index (κ1) is 17.3. The SMILES string of the molecule is COc1ccc(CC(=O)Nc2cccc(OCC3CCCO3)c2)cc1. The Morgan fingerprint density at radius 1 is 1.20 bits per heavy atom. The quantitative estimate of drug-likeness (QED) is 0.838. The molecule has 3 rings (SSSR count). The van der Waals surface area contributed by atoms with E-state index in [-0.39, 0.29) is 12.0 Å². The van der Waals surface area contributed by atoms with Crippen LogP contribution in [0.4, 0.5) is 5.69 Å². The number of carbonyl (C=O) groups is 1. The highest BCUT2D eigenvalue weighted by Gasteiger charge is 2.16. The molecular weight excluding hydrogens is 318 g/mol. The average molecular weight is 341 g/mol. The first-order chi connectivity index (χ1) is 12.2. The Labute approximate surface area is 147 Å². The minimum Gasteiger partial charge on any atom is -0.497 e. The van der Waals surface area contributed by atoms with Gasteiger partial charge in [0, 0.05) is 18.4 Å². The van der Waals surface area contributed by atoms with Gasteiger partial charge in [0.15, 0.2) is 0 Å². The second kappa shape index (κ2) is 8.53. The van der Waals surface area contributed by atoms with Gasteiger partial charge in [0.25, 0.3) is 0 Å². The Morgan fingerprint density at radius 3 is 2.76 bits per heavy atom. The van der Waals surface area contributed by atoms with Crippen LogP contribution in [0.3, 0.4) is 0 Å². The van der Waals surface area contributed by atoms with E-state index in [0.29, 0.717) is 13.0 Å². The van der Waals surface area contributed by atoms with Crippen LogP contribution >= 0.6 is 0 Å². The number of methoxy groups -OCH3 is 1. The second-order valence-corrected chi connectivity index (χ2v) is 6.05. The van der Waals surface area contributed by atoms with Gasteiger partial charge in [0.2, 0.25) is 5.91 Å². The monoisotopic (exact) mass is 341 g/mol. The molecular formula is C20H23NO4. The molecule has 5 nitrogen and oxygen atoms in total. The van der Waals surface area contributed by atoms with Gasteiger partial charge in [-0.2, -0.15) is 0 Å². The summed E-state index contributed by atoms with van der Waals surface area (Å²) in [6.07, 6.45) is 2.62. The van der Waals surface area contributed by atoms with Gasteiger partial charge in [-0.3, -0.25) is 4.79 Å². The minimum atomic E-state index is -0.0681. The molecule has 1 heterocycles. The van der Waals surface area contributed by atoms with Crippen molar-refractivity contribution >= 4 is 11.6 Å². The van der Waals surface area contributed by atoms with Crippen molar-refractivity contribution in [1.82, 2.24) is 0 Å². The molecule has 1 aliphatic heterocycles. The fraction of sp³-hybridized carbons (Fsp3) is 0.350. The van der Waals surface area contributed by atoms with Crippen LogP contribution in [0.1, 0.15) is 18.4 Å². The zero-order chi connectivity index (χ0) is 17.5. The van der Waals surface area contributed by atoms with Crippen LogP contribution in [0.15, 0.2) is 48.5 Å². The summed E-state index contributed by atoms with van der Waals surface area (Å²) in [6.45, 7) is 1.36. The third-order valence-electron chi connectivity index (χ3n) is 4.10. The van der Waals surface area contributed by atoms with Crippen molar-refractivity contribution in [2.45, 2.75) is 25.4 Å². The van der Waals surface area contributed by atoms with E-state index >= 15 is 0 Å². The summed E-state index contributed by atoms with van der Waals surface area (Å²) in [6, 6.07) is 14.9. The van der Waals surface area contributed by atoms with Crippen LogP contribution in [0, 0.1) is 0 Å². The highest BCUT2D eigenvalue weighted by atomic mass is 16.5. The Morgan fingerprint density at radius 2 is 2.04 bits per heavy atom. The number of rotatable bonds is 7. The number of hydrogen-bond donors (Lipinski definition) is 1. The molecule has 1 N–H and O–H groups in total. The fourth-order valence-electron chi connectivity index (χ4n) is 2.76. The number of ether oxygens (including phenoxy) is 3. The van der Waals surface area contributed by atoms with Gasteiger partial charge >= 0.3 is 0 Å². The predicted molar refractivity (Wildman–Crippen MR) is 96.2 cm³/mol. The Kier molecular flexibility index (Phi) is 5.90. The summed E-state index contributed by atoms with van der Waals surface area (Å²) < 4.78 is 16.4. The normalized spacial score (nSPS) is 16.4. The van der Waals surface area contributed by atoms with Gasteiger partial charge in [-0.15, -0.1) is 0 Å². The maximum Gasteiger partial charge on any atom is 0.228 e. The van der Waals surface area contributed by atoms with Crippen molar-refractivity contribution < 1.29 is 19.0 Å². The number of nitrogens with one attached hydrogen (secondary N) is 1. The van der Waals surface area contributed by atoms with Crippen molar-refractivity contribution in [1.29, 1.82) is 0 Å². The van der Waals surface area contributed by atoms with Gasteiger partial charge in [-0.1, -0.05) is 18.2 Å². The molecule has 1 amide bonds. The minimum absolute atomic E-state index is 0.0681. The molecule has 1 unspecified atom stereocenters. The first-order valence-corrected chi connectivity index (χ1v) is 8.50. The number of hydrogen-bond acceptors (Lipinski definition) is 4. The first-order valence-electron chi connectivity index (χ1n) is 8.50. The van der Waals surface area contributed by atoms with Crippen LogP contribution in [-0.4, -0.2) is 32.3 Å². The van der Waals surface area contributed by atoms with Crippen LogP contribution in [0.25, 0.3) is 0 Å². The molecule has 0 aromatic heterocycles. The topological polar surface area (TPSA) is 56.8 Å². The summed E-state index contributed by atoms with van der Waals surface area (Å²) >= 11 is 0. The summed E-state index contributed by atoms with van der Waals surface area (Å²) in [4.78, 5) is 12.2. The van der Waals surface area contributed by atoms with E-state index in [2.05, 4.69) is 5.32 Å². The van der Waals surface area contributed by atoms with Gasteiger partial charge in [-0.05, 0) is 42.7 Å². The summed E-state index contributed by atoms with van der Waals surface area (Å²) in [5.41, 5.74) is 1.66. The molecule has 132 valence electrons. The van der Waals surface area contributed by atoms with E-state index in [0.717, 1.165) is 42.2 Å². The van der Waals surface area contributed by atoms with Crippen LogP contribution in [-0.2, 0) is 16.0 Å². The van der Waals surface area contributed by atoms with E-state index in [4.69, 9.17) is 14.2 Å². The van der Waals surface area contributed by atoms with E-state index in [1.165, 1.54) is 0 Å². The van der Waals surface area contributed by atoms with Crippen molar-refractivity contribution in [3.05, 3.63) is 54.1 Å². The fourth-order valence-corrected chi connectivity index (χ4v) is 2.76. The lowest BCUT2D eigenvalue weighted by molar-refractivity contribution is -0.115. The second-order valence-electron chi connectivity index (χ2n) is 6.05. The zero-order valence-corrected chi connectivity index (χ0v) is 14.4. The number of benzene rings is 2. The molecule has 0 saturated carbocycles. The largest absolute Gasteiger partial charge is 0.497 e. The summed E-state index contributed by atoms with van der Waals surface area (Å²) in [5.74, 6) is 1.44. The average Bonchev–Trinajstić information content (AvgIpc) is 3.14. The molecule has 2 aromatic carbocycles. The van der Waals surface area contributed by atoms with Crippen LogP contribution < -0.4 is 14.8 Å². The molecule has 25 heavy (non-hydrogen) atoms. The van der Waals surface area contributed by atoms with Crippen molar-refractivity contribution in [2.24, 2.45) is 0 Å². The molecule has 1 fully saturated rings. The smallest absolute Gasteiger partial charge is 0.228 e. The van der Waals surface area contributed by atoms with Crippen LogP contribution in [0.5, 0.6) is 11.5 Å². The van der Waals surface area contributed by atoms with E-state index in [1.807, 2.05) is 48.5 Å². The lowest BCUT2D eigenvalue weighted by Gasteiger charge is -2.12. The highest BCUT2D eigenvalue weighted by molar-refractivity contribution is 5.92. The predicted octanol–water partition coefficient (Wildman–Crippen LogP) is 3.43. The lowest BCUT2D eigenvalue weighted by atomic mass is 10.1. The molecule has 2 aromatic rings. The van der Waals surface area contributed by atoms with Gasteiger partial charge in [-0.25, -0.2) is 0 Å². The van der Waals surface area contributed by atoms with Gasteiger partial charge in [0.05, 0.1) is 19.6 Å².